The average Bonchev–Trinajstić information content (AvgIpc) is 3.03. The number of aliphatic carboxylic acids is 1. The first-order valence-corrected chi connectivity index (χ1v) is 7.49. The first-order chi connectivity index (χ1) is 10.6. The number of nitrogens with one attached hydrogen (secondary N) is 1. The second-order valence-corrected chi connectivity index (χ2v) is 5.24. The standard InChI is InChI=1S/C16H21NO5/c18-15(19)11-22-14-7-3-4-12(10-14)16(20)17-8-9-21-13-5-1-2-6-13/h3-4,7,10,13H,1-2,5-6,8-9,11H2,(H,17,20)(H,18,19). The van der Waals surface area contributed by atoms with Crippen LogP contribution in [0.5, 0.6) is 5.75 Å². The van der Waals surface area contributed by atoms with E-state index in [1.807, 2.05) is 0 Å². The van der Waals surface area contributed by atoms with Crippen LogP contribution in [0.2, 0.25) is 0 Å². The Labute approximate surface area is 129 Å². The minimum Gasteiger partial charge on any atom is -0.482 e. The number of hydrogen-bond acceptors (Lipinski definition) is 4. The van der Waals surface area contributed by atoms with Crippen LogP contribution in [0, 0.1) is 0 Å². The molecule has 0 saturated heterocycles. The van der Waals surface area contributed by atoms with Gasteiger partial charge in [-0.3, -0.25) is 4.79 Å². The SMILES string of the molecule is O=C(O)COc1cccc(C(=O)NCCOC2CCCC2)c1. The summed E-state index contributed by atoms with van der Waals surface area (Å²) < 4.78 is 10.7. The maximum atomic E-state index is 12.0. The lowest BCUT2D eigenvalue weighted by Crippen LogP contribution is -2.28. The van der Waals surface area contributed by atoms with Gasteiger partial charge in [0.25, 0.3) is 5.91 Å². The van der Waals surface area contributed by atoms with Gasteiger partial charge in [-0.05, 0) is 31.0 Å². The molecule has 0 heterocycles. The molecule has 1 amide bonds. The van der Waals surface area contributed by atoms with Gasteiger partial charge in [-0.1, -0.05) is 18.9 Å². The number of amides is 1. The van der Waals surface area contributed by atoms with E-state index >= 15 is 0 Å². The van der Waals surface area contributed by atoms with Gasteiger partial charge in [-0.15, -0.1) is 0 Å². The van der Waals surface area contributed by atoms with E-state index in [4.69, 9.17) is 14.6 Å². The summed E-state index contributed by atoms with van der Waals surface area (Å²) >= 11 is 0. The Balaban J connectivity index is 1.74. The van der Waals surface area contributed by atoms with Crippen LogP contribution in [0.1, 0.15) is 36.0 Å². The summed E-state index contributed by atoms with van der Waals surface area (Å²) in [6.45, 7) is 0.529. The van der Waals surface area contributed by atoms with Crippen LogP contribution in [0.15, 0.2) is 24.3 Å². The van der Waals surface area contributed by atoms with Gasteiger partial charge in [-0.2, -0.15) is 0 Å². The highest BCUT2D eigenvalue weighted by Gasteiger charge is 2.15. The van der Waals surface area contributed by atoms with Crippen molar-refractivity contribution < 1.29 is 24.2 Å². The summed E-state index contributed by atoms with van der Waals surface area (Å²) in [7, 11) is 0. The summed E-state index contributed by atoms with van der Waals surface area (Å²) in [5.74, 6) is -0.924. The van der Waals surface area contributed by atoms with Crippen molar-refractivity contribution >= 4 is 11.9 Å². The van der Waals surface area contributed by atoms with E-state index in [9.17, 15) is 9.59 Å². The number of carbonyl (C=O) groups excluding carboxylic acids is 1. The van der Waals surface area contributed by atoms with E-state index in [1.54, 1.807) is 18.2 Å². The molecular weight excluding hydrogens is 286 g/mol. The maximum Gasteiger partial charge on any atom is 0.341 e. The zero-order valence-corrected chi connectivity index (χ0v) is 12.4. The molecule has 2 rings (SSSR count). The second kappa shape index (κ2) is 8.38. The quantitative estimate of drug-likeness (QED) is 0.716. The monoisotopic (exact) mass is 307 g/mol. The van der Waals surface area contributed by atoms with Crippen molar-refractivity contribution in [1.82, 2.24) is 5.32 Å². The molecule has 1 aliphatic rings. The molecule has 6 nitrogen and oxygen atoms in total. The Bertz CT molecular complexity index is 511. The van der Waals surface area contributed by atoms with Crippen LogP contribution in [0.4, 0.5) is 0 Å². The van der Waals surface area contributed by atoms with Crippen LogP contribution in [-0.4, -0.2) is 42.8 Å². The third-order valence-corrected chi connectivity index (χ3v) is 3.50. The molecule has 22 heavy (non-hydrogen) atoms. The van der Waals surface area contributed by atoms with E-state index in [0.717, 1.165) is 12.8 Å². The van der Waals surface area contributed by atoms with Crippen molar-refractivity contribution in [2.45, 2.75) is 31.8 Å². The molecule has 0 spiro atoms. The van der Waals surface area contributed by atoms with Crippen LogP contribution in [0.25, 0.3) is 0 Å². The van der Waals surface area contributed by atoms with E-state index in [0.29, 0.717) is 30.6 Å². The van der Waals surface area contributed by atoms with E-state index < -0.39 is 12.6 Å². The third kappa shape index (κ3) is 5.37. The third-order valence-electron chi connectivity index (χ3n) is 3.50. The van der Waals surface area contributed by atoms with Gasteiger partial charge in [-0.25, -0.2) is 4.79 Å². The Kier molecular flexibility index (Phi) is 6.21. The summed E-state index contributed by atoms with van der Waals surface area (Å²) in [5, 5.41) is 11.3. The van der Waals surface area contributed by atoms with Crippen LogP contribution >= 0.6 is 0 Å². The lowest BCUT2D eigenvalue weighted by atomic mass is 10.2. The van der Waals surface area contributed by atoms with Gasteiger partial charge in [0.2, 0.25) is 0 Å². The molecule has 1 saturated carbocycles. The molecule has 1 fully saturated rings. The summed E-state index contributed by atoms with van der Waals surface area (Å²) in [5.41, 5.74) is 0.434. The van der Waals surface area contributed by atoms with Crippen LogP contribution in [-0.2, 0) is 9.53 Å². The Morgan fingerprint density at radius 3 is 2.77 bits per heavy atom. The van der Waals surface area contributed by atoms with Gasteiger partial charge in [0.05, 0.1) is 12.7 Å². The second-order valence-electron chi connectivity index (χ2n) is 5.24. The lowest BCUT2D eigenvalue weighted by Gasteiger charge is -2.11. The van der Waals surface area contributed by atoms with Crippen molar-refractivity contribution in [3.8, 4) is 5.75 Å². The zero-order valence-electron chi connectivity index (χ0n) is 12.4. The van der Waals surface area contributed by atoms with Crippen molar-refractivity contribution in [3.05, 3.63) is 29.8 Å². The first-order valence-electron chi connectivity index (χ1n) is 7.49. The number of ether oxygens (including phenoxy) is 2. The topological polar surface area (TPSA) is 84.9 Å². The molecule has 1 aromatic carbocycles. The highest BCUT2D eigenvalue weighted by Crippen LogP contribution is 2.20. The number of rotatable bonds is 8. The predicted octanol–water partition coefficient (Wildman–Crippen LogP) is 1.84. The van der Waals surface area contributed by atoms with E-state index in [-0.39, 0.29) is 5.91 Å². The average molecular weight is 307 g/mol. The molecule has 1 aromatic rings. The minimum absolute atomic E-state index is 0.226. The first kappa shape index (κ1) is 16.3. The molecule has 0 atom stereocenters. The molecule has 0 unspecified atom stereocenters. The number of carboxylic acid groups (broad SMARTS) is 1. The molecule has 0 bridgehead atoms. The summed E-state index contributed by atoms with van der Waals surface area (Å²) in [6.07, 6.45) is 5.00. The summed E-state index contributed by atoms with van der Waals surface area (Å²) in [4.78, 5) is 22.4. The van der Waals surface area contributed by atoms with Gasteiger partial charge in [0.1, 0.15) is 5.75 Å². The zero-order chi connectivity index (χ0) is 15.8. The van der Waals surface area contributed by atoms with Crippen molar-refractivity contribution in [3.63, 3.8) is 0 Å². The van der Waals surface area contributed by atoms with Crippen molar-refractivity contribution in [2.75, 3.05) is 19.8 Å². The van der Waals surface area contributed by atoms with E-state index in [2.05, 4.69) is 5.32 Å². The molecular formula is C16H21NO5. The van der Waals surface area contributed by atoms with Crippen molar-refractivity contribution in [1.29, 1.82) is 0 Å². The molecule has 120 valence electrons. The minimum atomic E-state index is -1.06. The molecule has 2 N–H and O–H groups in total. The van der Waals surface area contributed by atoms with Gasteiger partial charge >= 0.3 is 5.97 Å². The molecule has 0 aliphatic heterocycles. The Morgan fingerprint density at radius 1 is 1.27 bits per heavy atom. The summed E-state index contributed by atoms with van der Waals surface area (Å²) in [6, 6.07) is 6.45. The Hall–Kier alpha value is -2.08. The fourth-order valence-electron chi connectivity index (χ4n) is 2.42. The lowest BCUT2D eigenvalue weighted by molar-refractivity contribution is -0.139. The largest absolute Gasteiger partial charge is 0.482 e. The van der Waals surface area contributed by atoms with Gasteiger partial charge in [0, 0.05) is 12.1 Å². The predicted molar refractivity (Wildman–Crippen MR) is 80.1 cm³/mol. The smallest absolute Gasteiger partial charge is 0.341 e. The Morgan fingerprint density at radius 2 is 2.05 bits per heavy atom. The highest BCUT2D eigenvalue weighted by molar-refractivity contribution is 5.94. The molecule has 0 aromatic heterocycles. The number of hydrogen-bond donors (Lipinski definition) is 2. The fourth-order valence-corrected chi connectivity index (χ4v) is 2.42. The fraction of sp³-hybridized carbons (Fsp3) is 0.500. The van der Waals surface area contributed by atoms with Gasteiger partial charge in [0.15, 0.2) is 6.61 Å². The molecule has 1 aliphatic carbocycles. The van der Waals surface area contributed by atoms with Crippen molar-refractivity contribution in [2.24, 2.45) is 0 Å². The highest BCUT2D eigenvalue weighted by atomic mass is 16.5. The van der Waals surface area contributed by atoms with E-state index in [1.165, 1.54) is 18.9 Å². The molecule has 6 heteroatoms. The number of carbonyl (C=O) groups is 2. The van der Waals surface area contributed by atoms with Crippen LogP contribution < -0.4 is 10.1 Å². The van der Waals surface area contributed by atoms with Crippen LogP contribution in [0.3, 0.4) is 0 Å². The number of benzene rings is 1. The molecule has 0 radical (unpaired) electrons. The number of carboxylic acids is 1. The maximum absolute atomic E-state index is 12.0. The normalized spacial score (nSPS) is 14.7. The van der Waals surface area contributed by atoms with Gasteiger partial charge < -0.3 is 19.9 Å².